The molecule has 0 saturated heterocycles. The minimum absolute atomic E-state index is 0.0747. The van der Waals surface area contributed by atoms with Crippen molar-refractivity contribution < 1.29 is 4.74 Å². The molecule has 0 aliphatic rings. The normalized spacial score (nSPS) is 10.6. The van der Waals surface area contributed by atoms with Crippen LogP contribution in [0.25, 0.3) is 10.6 Å². The van der Waals surface area contributed by atoms with Crippen LogP contribution >= 0.6 is 22.9 Å². The molecule has 3 rings (SSSR count). The number of hydrogen-bond donors (Lipinski definition) is 1. The Hall–Kier alpha value is -2.62. The molecule has 0 bridgehead atoms. The van der Waals surface area contributed by atoms with Crippen LogP contribution in [0.2, 0.25) is 5.02 Å². The second-order valence-electron chi connectivity index (χ2n) is 5.84. The molecule has 2 aromatic heterocycles. The van der Waals surface area contributed by atoms with Gasteiger partial charge in [-0.3, -0.25) is 0 Å². The van der Waals surface area contributed by atoms with E-state index in [2.05, 4.69) is 15.3 Å². The number of pyridine rings is 1. The third-order valence-electron chi connectivity index (χ3n) is 3.44. The van der Waals surface area contributed by atoms with Gasteiger partial charge >= 0.3 is 0 Å². The molecule has 0 spiro atoms. The molecule has 0 fully saturated rings. The maximum atomic E-state index is 8.90. The molecule has 1 aromatic carbocycles. The number of nitrogens with one attached hydrogen (secondary N) is 1. The zero-order valence-electron chi connectivity index (χ0n) is 14.4. The maximum absolute atomic E-state index is 8.90. The van der Waals surface area contributed by atoms with Gasteiger partial charge in [0.1, 0.15) is 22.5 Å². The SMILES string of the molecule is CC(C)Oc1ccc(-c2ncc(CNc3ccnc(C#N)c3)s2)cc1Cl. The van der Waals surface area contributed by atoms with E-state index in [1.807, 2.05) is 50.4 Å². The lowest BCUT2D eigenvalue weighted by atomic mass is 10.2. The van der Waals surface area contributed by atoms with Gasteiger partial charge in [-0.15, -0.1) is 11.3 Å². The van der Waals surface area contributed by atoms with Crippen LogP contribution in [0.5, 0.6) is 5.75 Å². The molecule has 2 heterocycles. The van der Waals surface area contributed by atoms with Gasteiger partial charge in [-0.1, -0.05) is 11.6 Å². The average molecular weight is 385 g/mol. The van der Waals surface area contributed by atoms with Crippen LogP contribution in [0.15, 0.2) is 42.7 Å². The molecule has 0 unspecified atom stereocenters. The highest BCUT2D eigenvalue weighted by Gasteiger charge is 2.10. The van der Waals surface area contributed by atoms with Gasteiger partial charge in [0.25, 0.3) is 0 Å². The molecule has 7 heteroatoms. The smallest absolute Gasteiger partial charge is 0.142 e. The topological polar surface area (TPSA) is 70.8 Å². The summed E-state index contributed by atoms with van der Waals surface area (Å²) in [6.45, 7) is 4.55. The van der Waals surface area contributed by atoms with Crippen LogP contribution < -0.4 is 10.1 Å². The minimum atomic E-state index is 0.0747. The Morgan fingerprint density at radius 2 is 2.12 bits per heavy atom. The molecular formula is C19H17ClN4OS. The van der Waals surface area contributed by atoms with Crippen molar-refractivity contribution in [2.45, 2.75) is 26.5 Å². The standard InChI is InChI=1S/C19H17ClN4OS/c1-12(2)25-18-4-3-13(7-17(18)20)19-24-11-16(26-19)10-23-14-5-6-22-15(8-14)9-21/h3-8,11-12H,10H2,1-2H3,(H,22,23). The molecule has 0 radical (unpaired) electrons. The molecule has 0 amide bonds. The van der Waals surface area contributed by atoms with Crippen molar-refractivity contribution in [2.24, 2.45) is 0 Å². The van der Waals surface area contributed by atoms with E-state index in [0.29, 0.717) is 23.0 Å². The zero-order valence-corrected chi connectivity index (χ0v) is 15.9. The van der Waals surface area contributed by atoms with Gasteiger partial charge in [0.05, 0.1) is 17.7 Å². The molecule has 0 atom stereocenters. The third-order valence-corrected chi connectivity index (χ3v) is 4.78. The molecule has 26 heavy (non-hydrogen) atoms. The van der Waals surface area contributed by atoms with Crippen LogP contribution in [0.1, 0.15) is 24.4 Å². The summed E-state index contributed by atoms with van der Waals surface area (Å²) >= 11 is 7.90. The summed E-state index contributed by atoms with van der Waals surface area (Å²) < 4.78 is 5.66. The molecular weight excluding hydrogens is 368 g/mol. The summed E-state index contributed by atoms with van der Waals surface area (Å²) in [5.74, 6) is 0.676. The van der Waals surface area contributed by atoms with Crippen molar-refractivity contribution in [2.75, 3.05) is 5.32 Å². The monoisotopic (exact) mass is 384 g/mol. The lowest BCUT2D eigenvalue weighted by Crippen LogP contribution is -2.05. The maximum Gasteiger partial charge on any atom is 0.142 e. The second-order valence-corrected chi connectivity index (χ2v) is 7.36. The van der Waals surface area contributed by atoms with Crippen molar-refractivity contribution >= 4 is 28.6 Å². The number of rotatable bonds is 6. The molecule has 3 aromatic rings. The Labute approximate surface area is 161 Å². The van der Waals surface area contributed by atoms with Crippen LogP contribution in [-0.2, 0) is 6.54 Å². The quantitative estimate of drug-likeness (QED) is 0.637. The lowest BCUT2D eigenvalue weighted by molar-refractivity contribution is 0.242. The van der Waals surface area contributed by atoms with E-state index in [0.717, 1.165) is 21.1 Å². The number of halogens is 1. The molecule has 0 aliphatic heterocycles. The second kappa shape index (κ2) is 8.17. The predicted octanol–water partition coefficient (Wildman–Crippen LogP) is 5.13. The first-order valence-electron chi connectivity index (χ1n) is 8.06. The fourth-order valence-corrected chi connectivity index (χ4v) is 3.37. The van der Waals surface area contributed by atoms with Gasteiger partial charge in [-0.25, -0.2) is 9.97 Å². The summed E-state index contributed by atoms with van der Waals surface area (Å²) in [6, 6.07) is 11.3. The fourth-order valence-electron chi connectivity index (χ4n) is 2.30. The van der Waals surface area contributed by atoms with E-state index in [9.17, 15) is 0 Å². The number of nitrogens with zero attached hydrogens (tertiary/aromatic N) is 3. The van der Waals surface area contributed by atoms with Gasteiger partial charge < -0.3 is 10.1 Å². The third kappa shape index (κ3) is 4.51. The Balaban J connectivity index is 1.69. The number of hydrogen-bond acceptors (Lipinski definition) is 6. The highest BCUT2D eigenvalue weighted by Crippen LogP contribution is 2.33. The van der Waals surface area contributed by atoms with Crippen molar-refractivity contribution in [1.29, 1.82) is 5.26 Å². The molecule has 0 saturated carbocycles. The van der Waals surface area contributed by atoms with E-state index >= 15 is 0 Å². The van der Waals surface area contributed by atoms with E-state index in [1.165, 1.54) is 0 Å². The Morgan fingerprint density at radius 3 is 2.85 bits per heavy atom. The van der Waals surface area contributed by atoms with Crippen LogP contribution in [-0.4, -0.2) is 16.1 Å². The van der Waals surface area contributed by atoms with E-state index in [4.69, 9.17) is 21.6 Å². The van der Waals surface area contributed by atoms with Crippen molar-refractivity contribution in [1.82, 2.24) is 9.97 Å². The minimum Gasteiger partial charge on any atom is -0.489 e. The van der Waals surface area contributed by atoms with Gasteiger partial charge in [0, 0.05) is 28.5 Å². The first kappa shape index (κ1) is 18.2. The highest BCUT2D eigenvalue weighted by atomic mass is 35.5. The summed E-state index contributed by atoms with van der Waals surface area (Å²) in [6.07, 6.45) is 3.53. The van der Waals surface area contributed by atoms with Crippen molar-refractivity contribution in [3.8, 4) is 22.4 Å². The van der Waals surface area contributed by atoms with Gasteiger partial charge in [-0.2, -0.15) is 5.26 Å². The first-order chi connectivity index (χ1) is 12.5. The number of ether oxygens (including phenoxy) is 1. The van der Waals surface area contributed by atoms with Gasteiger partial charge in [0.2, 0.25) is 0 Å². The first-order valence-corrected chi connectivity index (χ1v) is 9.26. The average Bonchev–Trinajstić information content (AvgIpc) is 3.10. The van der Waals surface area contributed by atoms with E-state index in [1.54, 1.807) is 23.6 Å². The summed E-state index contributed by atoms with van der Waals surface area (Å²) in [4.78, 5) is 9.51. The number of nitriles is 1. The van der Waals surface area contributed by atoms with Crippen molar-refractivity contribution in [3.63, 3.8) is 0 Å². The molecule has 5 nitrogen and oxygen atoms in total. The zero-order chi connectivity index (χ0) is 18.5. The molecule has 1 N–H and O–H groups in total. The van der Waals surface area contributed by atoms with E-state index < -0.39 is 0 Å². The van der Waals surface area contributed by atoms with E-state index in [-0.39, 0.29) is 6.10 Å². The van der Waals surface area contributed by atoms with Crippen LogP contribution in [0.3, 0.4) is 0 Å². The van der Waals surface area contributed by atoms with Crippen LogP contribution in [0.4, 0.5) is 5.69 Å². The highest BCUT2D eigenvalue weighted by molar-refractivity contribution is 7.15. The fraction of sp³-hybridized carbons (Fsp3) is 0.211. The largest absolute Gasteiger partial charge is 0.489 e. The Morgan fingerprint density at radius 1 is 1.27 bits per heavy atom. The number of aromatic nitrogens is 2. The van der Waals surface area contributed by atoms with Gasteiger partial charge in [-0.05, 0) is 44.2 Å². The summed E-state index contributed by atoms with van der Waals surface area (Å²) in [5.41, 5.74) is 2.20. The summed E-state index contributed by atoms with van der Waals surface area (Å²) in [5, 5.41) is 13.6. The lowest BCUT2D eigenvalue weighted by Gasteiger charge is -2.11. The van der Waals surface area contributed by atoms with Gasteiger partial charge in [0.15, 0.2) is 0 Å². The van der Waals surface area contributed by atoms with Crippen molar-refractivity contribution in [3.05, 3.63) is 58.3 Å². The molecule has 0 aliphatic carbocycles. The number of thiazole rings is 1. The Kier molecular flexibility index (Phi) is 5.71. The summed E-state index contributed by atoms with van der Waals surface area (Å²) in [7, 11) is 0. The van der Waals surface area contributed by atoms with Crippen LogP contribution in [0, 0.1) is 11.3 Å². The number of benzene rings is 1. The molecule has 132 valence electrons. The Bertz CT molecular complexity index is 949. The number of anilines is 1. The predicted molar refractivity (Wildman–Crippen MR) is 105 cm³/mol.